The Hall–Kier alpha value is -1.53. The van der Waals surface area contributed by atoms with Gasteiger partial charge in [-0.2, -0.15) is 0 Å². The van der Waals surface area contributed by atoms with Gasteiger partial charge in [-0.05, 0) is 19.4 Å². The summed E-state index contributed by atoms with van der Waals surface area (Å²) in [5.74, 6) is 0. The van der Waals surface area contributed by atoms with Crippen molar-refractivity contribution in [3.8, 4) is 0 Å². The van der Waals surface area contributed by atoms with E-state index in [2.05, 4.69) is 4.98 Å². The Labute approximate surface area is 96.1 Å². The van der Waals surface area contributed by atoms with Gasteiger partial charge >= 0.3 is 0 Å². The predicted molar refractivity (Wildman–Crippen MR) is 63.6 cm³/mol. The number of fused-ring (bicyclic) bond motifs is 1. The van der Waals surface area contributed by atoms with E-state index in [4.69, 9.17) is 5.73 Å². The summed E-state index contributed by atoms with van der Waals surface area (Å²) < 4.78 is 0.833. The topological polar surface area (TPSA) is 82.0 Å². The molecule has 16 heavy (non-hydrogen) atoms. The van der Waals surface area contributed by atoms with Crippen LogP contribution in [0.4, 0.5) is 5.69 Å². The van der Waals surface area contributed by atoms with Crippen LogP contribution in [0.25, 0.3) is 10.2 Å². The average Bonchev–Trinajstić information content (AvgIpc) is 2.63. The van der Waals surface area contributed by atoms with Crippen molar-refractivity contribution in [1.82, 2.24) is 4.98 Å². The number of thiazole rings is 1. The van der Waals surface area contributed by atoms with Gasteiger partial charge in [0.05, 0.1) is 15.1 Å². The lowest BCUT2D eigenvalue weighted by Gasteiger charge is -2.06. The fourth-order valence-corrected chi connectivity index (χ4v) is 2.35. The van der Waals surface area contributed by atoms with E-state index in [-0.39, 0.29) is 16.7 Å². The second-order valence-corrected chi connectivity index (χ2v) is 4.60. The zero-order valence-corrected chi connectivity index (χ0v) is 9.53. The first-order valence-corrected chi connectivity index (χ1v) is 5.72. The molecule has 84 valence electrons. The standard InChI is InChI=1S/C10H11N3O2S/c1-6(11)4-7-2-3-8-9(12-5-16-8)10(7)13(14)15/h2-3,5-6H,4,11H2,1H3. The number of benzene rings is 1. The van der Waals surface area contributed by atoms with Crippen molar-refractivity contribution >= 4 is 27.2 Å². The molecule has 0 saturated heterocycles. The third kappa shape index (κ3) is 1.89. The summed E-state index contributed by atoms with van der Waals surface area (Å²) in [6.07, 6.45) is 0.490. The smallest absolute Gasteiger partial charge is 0.299 e. The van der Waals surface area contributed by atoms with Crippen molar-refractivity contribution in [2.24, 2.45) is 5.73 Å². The Kier molecular flexibility index (Phi) is 2.84. The summed E-state index contributed by atoms with van der Waals surface area (Å²) >= 11 is 1.40. The maximum absolute atomic E-state index is 11.0. The minimum absolute atomic E-state index is 0.0936. The number of rotatable bonds is 3. The van der Waals surface area contributed by atoms with Gasteiger partial charge in [-0.25, -0.2) is 4.98 Å². The van der Waals surface area contributed by atoms with Crippen LogP contribution >= 0.6 is 11.3 Å². The molecule has 0 saturated carbocycles. The van der Waals surface area contributed by atoms with E-state index in [1.54, 1.807) is 11.6 Å². The lowest BCUT2D eigenvalue weighted by molar-refractivity contribution is -0.383. The fourth-order valence-electron chi connectivity index (χ4n) is 1.67. The molecule has 0 fully saturated rings. The first-order valence-electron chi connectivity index (χ1n) is 4.84. The van der Waals surface area contributed by atoms with Crippen LogP contribution in [0.1, 0.15) is 12.5 Å². The van der Waals surface area contributed by atoms with Gasteiger partial charge in [-0.1, -0.05) is 6.07 Å². The van der Waals surface area contributed by atoms with Crippen molar-refractivity contribution in [1.29, 1.82) is 0 Å². The Morgan fingerprint density at radius 3 is 3.00 bits per heavy atom. The Morgan fingerprint density at radius 2 is 2.38 bits per heavy atom. The van der Waals surface area contributed by atoms with E-state index in [0.29, 0.717) is 17.5 Å². The molecular weight excluding hydrogens is 226 g/mol. The SMILES string of the molecule is CC(N)Cc1ccc2scnc2c1[N+](=O)[O-]. The van der Waals surface area contributed by atoms with Crippen LogP contribution in [0.2, 0.25) is 0 Å². The van der Waals surface area contributed by atoms with Gasteiger partial charge in [0.1, 0.15) is 0 Å². The summed E-state index contributed by atoms with van der Waals surface area (Å²) in [4.78, 5) is 14.7. The van der Waals surface area contributed by atoms with Crippen LogP contribution in [0.15, 0.2) is 17.6 Å². The molecule has 0 amide bonds. The third-order valence-electron chi connectivity index (χ3n) is 2.28. The molecule has 0 aliphatic carbocycles. The number of hydrogen-bond acceptors (Lipinski definition) is 5. The van der Waals surface area contributed by atoms with E-state index in [1.165, 1.54) is 11.3 Å². The van der Waals surface area contributed by atoms with Crippen LogP contribution in [0.3, 0.4) is 0 Å². The van der Waals surface area contributed by atoms with Crippen LogP contribution in [-0.4, -0.2) is 15.9 Å². The van der Waals surface area contributed by atoms with Crippen LogP contribution in [-0.2, 0) is 6.42 Å². The van der Waals surface area contributed by atoms with Crippen LogP contribution < -0.4 is 5.73 Å². The van der Waals surface area contributed by atoms with E-state index in [0.717, 1.165) is 4.70 Å². The molecule has 2 N–H and O–H groups in total. The molecule has 0 aliphatic heterocycles. The Balaban J connectivity index is 2.63. The molecular formula is C10H11N3O2S. The fraction of sp³-hybridized carbons (Fsp3) is 0.300. The highest BCUT2D eigenvalue weighted by Crippen LogP contribution is 2.31. The van der Waals surface area contributed by atoms with E-state index in [9.17, 15) is 10.1 Å². The van der Waals surface area contributed by atoms with Crippen LogP contribution in [0.5, 0.6) is 0 Å². The van der Waals surface area contributed by atoms with Gasteiger partial charge in [0, 0.05) is 11.6 Å². The molecule has 1 unspecified atom stereocenters. The molecule has 1 heterocycles. The number of aromatic nitrogens is 1. The average molecular weight is 237 g/mol. The minimum Gasteiger partial charge on any atom is -0.328 e. The molecule has 0 radical (unpaired) electrons. The highest BCUT2D eigenvalue weighted by atomic mass is 32.1. The number of nitro groups is 1. The van der Waals surface area contributed by atoms with E-state index < -0.39 is 0 Å². The Morgan fingerprint density at radius 1 is 1.62 bits per heavy atom. The van der Waals surface area contributed by atoms with Crippen LogP contribution in [0, 0.1) is 10.1 Å². The van der Waals surface area contributed by atoms with Crippen molar-refractivity contribution in [3.63, 3.8) is 0 Å². The maximum atomic E-state index is 11.0. The normalized spacial score (nSPS) is 12.9. The van der Waals surface area contributed by atoms with Gasteiger partial charge in [0.15, 0.2) is 5.52 Å². The molecule has 1 atom stereocenters. The number of hydrogen-bond donors (Lipinski definition) is 1. The van der Waals surface area contributed by atoms with Gasteiger partial charge in [0.25, 0.3) is 5.69 Å². The highest BCUT2D eigenvalue weighted by molar-refractivity contribution is 7.16. The molecule has 1 aromatic carbocycles. The zero-order valence-electron chi connectivity index (χ0n) is 8.71. The lowest BCUT2D eigenvalue weighted by atomic mass is 10.1. The number of nitrogens with two attached hydrogens (primary N) is 1. The molecule has 1 aromatic heterocycles. The van der Waals surface area contributed by atoms with Gasteiger partial charge in [-0.3, -0.25) is 10.1 Å². The summed E-state index contributed by atoms with van der Waals surface area (Å²) in [5.41, 5.74) is 8.50. The van der Waals surface area contributed by atoms with Crippen molar-refractivity contribution in [2.45, 2.75) is 19.4 Å². The van der Waals surface area contributed by atoms with Gasteiger partial charge in [-0.15, -0.1) is 11.3 Å². The quantitative estimate of drug-likeness (QED) is 0.654. The lowest BCUT2D eigenvalue weighted by Crippen LogP contribution is -2.18. The second kappa shape index (κ2) is 4.15. The van der Waals surface area contributed by atoms with Crippen molar-refractivity contribution < 1.29 is 4.92 Å². The molecule has 5 nitrogen and oxygen atoms in total. The Bertz CT molecular complexity index is 536. The molecule has 0 bridgehead atoms. The summed E-state index contributed by atoms with van der Waals surface area (Å²) in [5, 5.41) is 11.0. The molecule has 2 rings (SSSR count). The number of nitro benzene ring substituents is 1. The van der Waals surface area contributed by atoms with Crippen molar-refractivity contribution in [3.05, 3.63) is 33.3 Å². The van der Waals surface area contributed by atoms with E-state index >= 15 is 0 Å². The predicted octanol–water partition coefficient (Wildman–Crippen LogP) is 2.09. The monoisotopic (exact) mass is 237 g/mol. The first kappa shape index (κ1) is 11.0. The highest BCUT2D eigenvalue weighted by Gasteiger charge is 2.20. The minimum atomic E-state index is -0.375. The summed E-state index contributed by atoms with van der Waals surface area (Å²) in [7, 11) is 0. The van der Waals surface area contributed by atoms with Gasteiger partial charge in [0.2, 0.25) is 0 Å². The maximum Gasteiger partial charge on any atom is 0.299 e. The zero-order chi connectivity index (χ0) is 11.7. The number of nitrogens with zero attached hydrogens (tertiary/aromatic N) is 2. The summed E-state index contributed by atoms with van der Waals surface area (Å²) in [6.45, 7) is 1.83. The first-order chi connectivity index (χ1) is 7.59. The van der Waals surface area contributed by atoms with Crippen molar-refractivity contribution in [2.75, 3.05) is 0 Å². The van der Waals surface area contributed by atoms with E-state index in [1.807, 2.05) is 13.0 Å². The summed E-state index contributed by atoms with van der Waals surface area (Å²) in [6, 6.07) is 3.52. The largest absolute Gasteiger partial charge is 0.328 e. The van der Waals surface area contributed by atoms with Gasteiger partial charge < -0.3 is 5.73 Å². The molecule has 6 heteroatoms. The molecule has 2 aromatic rings. The second-order valence-electron chi connectivity index (χ2n) is 3.71. The molecule has 0 spiro atoms. The molecule has 0 aliphatic rings. The third-order valence-corrected chi connectivity index (χ3v) is 3.08.